The average molecular weight is 472 g/mol. The lowest BCUT2D eigenvalue weighted by molar-refractivity contribution is -0.121. The fraction of sp³-hybridized carbons (Fsp3) is 0.333. The number of carbonyl (C=O) groups excluding carboxylic acids is 2. The minimum absolute atomic E-state index is 0.0828. The SMILES string of the molecule is CC(C(=O)Nc1ccc(Cl)cc1Cl)N1CCN(C(=O)c2ccccc2OC(F)F)CC1. The summed E-state index contributed by atoms with van der Waals surface area (Å²) < 4.78 is 29.7. The van der Waals surface area contributed by atoms with Crippen LogP contribution in [-0.4, -0.2) is 60.4 Å². The van der Waals surface area contributed by atoms with Crippen molar-refractivity contribution in [2.24, 2.45) is 0 Å². The third kappa shape index (κ3) is 5.84. The molecule has 2 amide bonds. The van der Waals surface area contributed by atoms with E-state index in [9.17, 15) is 18.4 Å². The van der Waals surface area contributed by atoms with Gasteiger partial charge in [-0.1, -0.05) is 35.3 Å². The van der Waals surface area contributed by atoms with Gasteiger partial charge in [0.05, 0.1) is 22.3 Å². The molecule has 0 aliphatic carbocycles. The Hall–Kier alpha value is -2.42. The van der Waals surface area contributed by atoms with E-state index in [1.807, 2.05) is 4.90 Å². The second-order valence-electron chi connectivity index (χ2n) is 6.99. The summed E-state index contributed by atoms with van der Waals surface area (Å²) in [4.78, 5) is 28.9. The van der Waals surface area contributed by atoms with Gasteiger partial charge in [-0.2, -0.15) is 8.78 Å². The number of amides is 2. The Labute approximate surface area is 188 Å². The molecule has 0 saturated carbocycles. The summed E-state index contributed by atoms with van der Waals surface area (Å²) in [5, 5.41) is 3.59. The first kappa shape index (κ1) is 23.2. The largest absolute Gasteiger partial charge is 0.434 e. The molecular weight excluding hydrogens is 451 g/mol. The van der Waals surface area contributed by atoms with Crippen LogP contribution in [0.4, 0.5) is 14.5 Å². The second kappa shape index (κ2) is 10.3. The molecule has 1 aliphatic heterocycles. The van der Waals surface area contributed by atoms with Gasteiger partial charge in [-0.25, -0.2) is 0 Å². The molecule has 10 heteroatoms. The van der Waals surface area contributed by atoms with Gasteiger partial charge in [0, 0.05) is 31.2 Å². The van der Waals surface area contributed by atoms with Gasteiger partial charge in [-0.15, -0.1) is 0 Å². The molecule has 2 aromatic carbocycles. The van der Waals surface area contributed by atoms with Crippen LogP contribution in [0.15, 0.2) is 42.5 Å². The van der Waals surface area contributed by atoms with Crippen LogP contribution in [0.25, 0.3) is 0 Å². The van der Waals surface area contributed by atoms with E-state index in [0.717, 1.165) is 0 Å². The van der Waals surface area contributed by atoms with Crippen molar-refractivity contribution in [3.8, 4) is 5.75 Å². The lowest BCUT2D eigenvalue weighted by Crippen LogP contribution is -2.54. The Balaban J connectivity index is 1.59. The fourth-order valence-electron chi connectivity index (χ4n) is 3.32. The lowest BCUT2D eigenvalue weighted by atomic mass is 10.1. The van der Waals surface area contributed by atoms with Crippen molar-refractivity contribution >= 4 is 40.7 Å². The van der Waals surface area contributed by atoms with E-state index >= 15 is 0 Å². The molecule has 31 heavy (non-hydrogen) atoms. The summed E-state index contributed by atoms with van der Waals surface area (Å²) in [7, 11) is 0. The van der Waals surface area contributed by atoms with Crippen molar-refractivity contribution in [2.45, 2.75) is 19.6 Å². The van der Waals surface area contributed by atoms with Gasteiger partial charge in [0.2, 0.25) is 5.91 Å². The van der Waals surface area contributed by atoms with E-state index < -0.39 is 12.7 Å². The number of nitrogens with one attached hydrogen (secondary N) is 1. The first-order valence-electron chi connectivity index (χ1n) is 9.59. The van der Waals surface area contributed by atoms with E-state index in [0.29, 0.717) is 41.9 Å². The van der Waals surface area contributed by atoms with Gasteiger partial charge >= 0.3 is 6.61 Å². The highest BCUT2D eigenvalue weighted by Gasteiger charge is 2.29. The predicted octanol–water partition coefficient (Wildman–Crippen LogP) is 4.38. The maximum atomic E-state index is 12.8. The number of hydrogen-bond donors (Lipinski definition) is 1. The minimum Gasteiger partial charge on any atom is -0.434 e. The number of alkyl halides is 2. The zero-order valence-electron chi connectivity index (χ0n) is 16.7. The first-order chi connectivity index (χ1) is 14.8. The van der Waals surface area contributed by atoms with Crippen molar-refractivity contribution < 1.29 is 23.1 Å². The van der Waals surface area contributed by atoms with Crippen molar-refractivity contribution in [1.29, 1.82) is 0 Å². The van der Waals surface area contributed by atoms with Crippen LogP contribution in [0.3, 0.4) is 0 Å². The molecule has 1 fully saturated rings. The monoisotopic (exact) mass is 471 g/mol. The number of benzene rings is 2. The summed E-state index contributed by atoms with van der Waals surface area (Å²) in [6.07, 6.45) is 0. The molecule has 1 saturated heterocycles. The summed E-state index contributed by atoms with van der Waals surface area (Å²) >= 11 is 12.0. The fourth-order valence-corrected chi connectivity index (χ4v) is 3.77. The summed E-state index contributed by atoms with van der Waals surface area (Å²) in [5.41, 5.74) is 0.548. The normalized spacial score (nSPS) is 15.6. The van der Waals surface area contributed by atoms with Gasteiger partial charge in [-0.05, 0) is 37.3 Å². The molecule has 1 heterocycles. The van der Waals surface area contributed by atoms with E-state index in [1.54, 1.807) is 36.1 Å². The topological polar surface area (TPSA) is 61.9 Å². The molecule has 1 atom stereocenters. The summed E-state index contributed by atoms with van der Waals surface area (Å²) in [6, 6.07) is 10.3. The number of carbonyl (C=O) groups is 2. The Kier molecular flexibility index (Phi) is 7.69. The van der Waals surface area contributed by atoms with Gasteiger partial charge < -0.3 is 15.0 Å². The molecular formula is C21H21Cl2F2N3O3. The molecule has 0 aromatic heterocycles. The molecule has 1 unspecified atom stereocenters. The second-order valence-corrected chi connectivity index (χ2v) is 7.84. The average Bonchev–Trinajstić information content (AvgIpc) is 2.74. The van der Waals surface area contributed by atoms with Crippen LogP contribution in [0.1, 0.15) is 17.3 Å². The molecule has 3 rings (SSSR count). The van der Waals surface area contributed by atoms with Crippen LogP contribution in [0.5, 0.6) is 5.75 Å². The molecule has 6 nitrogen and oxygen atoms in total. The highest BCUT2D eigenvalue weighted by Crippen LogP contribution is 2.26. The van der Waals surface area contributed by atoms with Gasteiger partial charge in [0.15, 0.2) is 0 Å². The summed E-state index contributed by atoms with van der Waals surface area (Å²) in [5.74, 6) is -0.779. The Morgan fingerprint density at radius 1 is 1.06 bits per heavy atom. The zero-order chi connectivity index (χ0) is 22.5. The highest BCUT2D eigenvalue weighted by molar-refractivity contribution is 6.36. The Morgan fingerprint density at radius 3 is 2.39 bits per heavy atom. The number of piperazine rings is 1. The van der Waals surface area contributed by atoms with E-state index in [-0.39, 0.29) is 23.1 Å². The number of ether oxygens (including phenoxy) is 1. The van der Waals surface area contributed by atoms with Crippen LogP contribution >= 0.6 is 23.2 Å². The maximum absolute atomic E-state index is 12.8. The minimum atomic E-state index is -3.01. The maximum Gasteiger partial charge on any atom is 0.387 e. The van der Waals surface area contributed by atoms with Crippen LogP contribution in [0, 0.1) is 0 Å². The van der Waals surface area contributed by atoms with Crippen molar-refractivity contribution in [2.75, 3.05) is 31.5 Å². The standard InChI is InChI=1S/C21H21Cl2F2N3O3/c1-13(19(29)26-17-7-6-14(22)12-16(17)23)27-8-10-28(11-9-27)20(30)15-4-2-3-5-18(15)31-21(24)25/h2-7,12-13,21H,8-11H2,1H3,(H,26,29). The van der Waals surface area contributed by atoms with Crippen LogP contribution < -0.4 is 10.1 Å². The predicted molar refractivity (Wildman–Crippen MR) is 115 cm³/mol. The number of halogens is 4. The van der Waals surface area contributed by atoms with Crippen molar-refractivity contribution in [3.05, 3.63) is 58.1 Å². The van der Waals surface area contributed by atoms with Gasteiger partial charge in [-0.3, -0.25) is 14.5 Å². The molecule has 0 bridgehead atoms. The van der Waals surface area contributed by atoms with Crippen LogP contribution in [-0.2, 0) is 4.79 Å². The molecule has 1 N–H and O–H groups in total. The molecule has 2 aromatic rings. The smallest absolute Gasteiger partial charge is 0.387 e. The number of para-hydroxylation sites is 1. The van der Waals surface area contributed by atoms with E-state index in [4.69, 9.17) is 23.2 Å². The summed E-state index contributed by atoms with van der Waals surface area (Å²) in [6.45, 7) is 0.350. The molecule has 0 radical (unpaired) electrons. The first-order valence-corrected chi connectivity index (χ1v) is 10.3. The zero-order valence-corrected chi connectivity index (χ0v) is 18.2. The molecule has 0 spiro atoms. The van der Waals surface area contributed by atoms with Crippen molar-refractivity contribution in [1.82, 2.24) is 9.80 Å². The Morgan fingerprint density at radius 2 is 1.74 bits per heavy atom. The van der Waals surface area contributed by atoms with Crippen molar-refractivity contribution in [3.63, 3.8) is 0 Å². The molecule has 1 aliphatic rings. The van der Waals surface area contributed by atoms with Gasteiger partial charge in [0.1, 0.15) is 5.75 Å². The van der Waals surface area contributed by atoms with Gasteiger partial charge in [0.25, 0.3) is 5.91 Å². The van der Waals surface area contributed by atoms with E-state index in [2.05, 4.69) is 10.1 Å². The van der Waals surface area contributed by atoms with E-state index in [1.165, 1.54) is 18.2 Å². The Bertz CT molecular complexity index is 953. The number of hydrogen-bond acceptors (Lipinski definition) is 4. The third-order valence-corrected chi connectivity index (χ3v) is 5.60. The lowest BCUT2D eigenvalue weighted by Gasteiger charge is -2.37. The number of nitrogens with zero attached hydrogens (tertiary/aromatic N) is 2. The third-order valence-electron chi connectivity index (χ3n) is 5.05. The number of rotatable bonds is 6. The number of anilines is 1. The van der Waals surface area contributed by atoms with Crippen LogP contribution in [0.2, 0.25) is 10.0 Å². The molecule has 166 valence electrons. The highest BCUT2D eigenvalue weighted by atomic mass is 35.5. The quantitative estimate of drug-likeness (QED) is 0.678.